The highest BCUT2D eigenvalue weighted by molar-refractivity contribution is 7.18. The average molecular weight is 467 g/mol. The van der Waals surface area contributed by atoms with Gasteiger partial charge in [0.1, 0.15) is 12.4 Å². The Kier molecular flexibility index (Phi) is 6.14. The number of aromatic nitrogens is 2. The van der Waals surface area contributed by atoms with Crippen LogP contribution in [0.3, 0.4) is 0 Å². The van der Waals surface area contributed by atoms with E-state index in [0.29, 0.717) is 11.3 Å². The summed E-state index contributed by atoms with van der Waals surface area (Å²) in [4.78, 5) is 33.9. The monoisotopic (exact) mass is 466 g/mol. The summed E-state index contributed by atoms with van der Waals surface area (Å²) in [6, 6.07) is 20.8. The molecule has 0 radical (unpaired) electrons. The summed E-state index contributed by atoms with van der Waals surface area (Å²) >= 11 is 1.64. The van der Waals surface area contributed by atoms with Crippen molar-refractivity contribution in [3.8, 4) is 5.75 Å². The van der Waals surface area contributed by atoms with Gasteiger partial charge in [0, 0.05) is 36.2 Å². The second-order valence-electron chi connectivity index (χ2n) is 8.22. The highest BCUT2D eigenvalue weighted by Crippen LogP contribution is 2.23. The van der Waals surface area contributed by atoms with E-state index in [-0.39, 0.29) is 31.0 Å². The molecule has 34 heavy (non-hydrogen) atoms. The van der Waals surface area contributed by atoms with Gasteiger partial charge in [-0.25, -0.2) is 4.98 Å². The predicted molar refractivity (Wildman–Crippen MR) is 135 cm³/mol. The number of ketones is 2. The molecule has 0 fully saturated rings. The molecule has 5 aromatic rings. The lowest BCUT2D eigenvalue weighted by Gasteiger charge is -2.08. The van der Waals surface area contributed by atoms with Crippen LogP contribution >= 0.6 is 11.3 Å². The molecule has 0 N–H and O–H groups in total. The second-order valence-corrected chi connectivity index (χ2v) is 9.46. The van der Waals surface area contributed by atoms with E-state index in [1.54, 1.807) is 48.0 Å². The Morgan fingerprint density at radius 1 is 0.912 bits per heavy atom. The number of rotatable bonds is 8. The van der Waals surface area contributed by atoms with Gasteiger partial charge < -0.3 is 4.74 Å². The first-order chi connectivity index (χ1) is 16.5. The number of thiazole rings is 1. The van der Waals surface area contributed by atoms with Crippen LogP contribution < -0.4 is 4.74 Å². The van der Waals surface area contributed by atoms with Crippen LogP contribution in [0.2, 0.25) is 0 Å². The van der Waals surface area contributed by atoms with Crippen molar-refractivity contribution in [1.82, 2.24) is 9.97 Å². The SMILES string of the molecule is Cc1nc2cc(CC(=O)c3cccc(OCC(=O)Cc4ccc5cnccc5c4)c3)ccc2s1. The molecule has 2 heterocycles. The van der Waals surface area contributed by atoms with Gasteiger partial charge in [-0.2, -0.15) is 0 Å². The van der Waals surface area contributed by atoms with Gasteiger partial charge >= 0.3 is 0 Å². The molecular formula is C28H22N2O3S. The minimum Gasteiger partial charge on any atom is -0.486 e. The Bertz CT molecular complexity index is 1520. The van der Waals surface area contributed by atoms with E-state index in [4.69, 9.17) is 4.74 Å². The van der Waals surface area contributed by atoms with Crippen LogP contribution in [0.1, 0.15) is 26.5 Å². The number of hydrogen-bond donors (Lipinski definition) is 0. The molecule has 5 rings (SSSR count). The normalized spacial score (nSPS) is 11.1. The fourth-order valence-corrected chi connectivity index (χ4v) is 4.74. The molecule has 168 valence electrons. The molecule has 0 saturated carbocycles. The van der Waals surface area contributed by atoms with Gasteiger partial charge in [0.25, 0.3) is 0 Å². The summed E-state index contributed by atoms with van der Waals surface area (Å²) < 4.78 is 6.83. The maximum Gasteiger partial charge on any atom is 0.174 e. The molecule has 0 saturated heterocycles. The molecule has 0 aliphatic heterocycles. The first-order valence-electron chi connectivity index (χ1n) is 11.0. The topological polar surface area (TPSA) is 69.2 Å². The van der Waals surface area contributed by atoms with Crippen molar-refractivity contribution in [3.05, 3.63) is 101 Å². The molecule has 6 heteroatoms. The third-order valence-electron chi connectivity index (χ3n) is 5.59. The van der Waals surface area contributed by atoms with Crippen molar-refractivity contribution >= 4 is 43.9 Å². The van der Waals surface area contributed by atoms with Crippen LogP contribution in [0.5, 0.6) is 5.75 Å². The second kappa shape index (κ2) is 9.53. The van der Waals surface area contributed by atoms with Crippen molar-refractivity contribution in [2.75, 3.05) is 6.61 Å². The van der Waals surface area contributed by atoms with E-state index >= 15 is 0 Å². The quantitative estimate of drug-likeness (QED) is 0.272. The first-order valence-corrected chi connectivity index (χ1v) is 11.8. The van der Waals surface area contributed by atoms with E-state index in [1.165, 1.54) is 0 Å². The van der Waals surface area contributed by atoms with Crippen molar-refractivity contribution in [2.45, 2.75) is 19.8 Å². The van der Waals surface area contributed by atoms with Gasteiger partial charge in [0.15, 0.2) is 11.6 Å². The zero-order valence-corrected chi connectivity index (χ0v) is 19.5. The fraction of sp³-hybridized carbons (Fsp3) is 0.143. The maximum atomic E-state index is 12.8. The standard InChI is InChI=1S/C28H22N2O3S/c1-18-30-26-13-20(6-8-28(26)34-18)14-27(32)22-3-2-4-25(15-22)33-17-24(31)12-19-5-7-23-16-29-10-9-21(23)11-19/h2-11,13,15-16H,12,14,17H2,1H3. The van der Waals surface area contributed by atoms with Gasteiger partial charge in [-0.1, -0.05) is 36.4 Å². The van der Waals surface area contributed by atoms with E-state index < -0.39 is 0 Å². The van der Waals surface area contributed by atoms with Crippen molar-refractivity contribution < 1.29 is 14.3 Å². The zero-order chi connectivity index (χ0) is 23.5. The Labute approximate surface area is 201 Å². The van der Waals surface area contributed by atoms with Crippen LogP contribution in [0.15, 0.2) is 79.1 Å². The largest absolute Gasteiger partial charge is 0.486 e. The Balaban J connectivity index is 1.20. The number of carbonyl (C=O) groups is 2. The summed E-state index contributed by atoms with van der Waals surface area (Å²) in [6.45, 7) is 1.93. The predicted octanol–water partition coefficient (Wildman–Crippen LogP) is 5.77. The van der Waals surface area contributed by atoms with Crippen molar-refractivity contribution in [2.24, 2.45) is 0 Å². The van der Waals surface area contributed by atoms with Gasteiger partial charge in [-0.15, -0.1) is 11.3 Å². The summed E-state index contributed by atoms with van der Waals surface area (Å²) in [5.41, 5.74) is 3.34. The molecule has 5 nitrogen and oxygen atoms in total. The molecule has 3 aromatic carbocycles. The number of fused-ring (bicyclic) bond motifs is 2. The lowest BCUT2D eigenvalue weighted by Crippen LogP contribution is -2.14. The third-order valence-corrected chi connectivity index (χ3v) is 6.54. The van der Waals surface area contributed by atoms with E-state index in [9.17, 15) is 9.59 Å². The number of aryl methyl sites for hydroxylation is 1. The molecule has 0 unspecified atom stereocenters. The summed E-state index contributed by atoms with van der Waals surface area (Å²) in [7, 11) is 0. The average Bonchev–Trinajstić information content (AvgIpc) is 3.22. The van der Waals surface area contributed by atoms with E-state index in [2.05, 4.69) is 9.97 Å². The van der Waals surface area contributed by atoms with Gasteiger partial charge in [-0.3, -0.25) is 14.6 Å². The minimum absolute atomic E-state index is 0.00580. The van der Waals surface area contributed by atoms with Gasteiger partial charge in [0.2, 0.25) is 0 Å². The molecule has 0 spiro atoms. The molecule has 2 aromatic heterocycles. The Morgan fingerprint density at radius 2 is 1.76 bits per heavy atom. The smallest absolute Gasteiger partial charge is 0.174 e. The Morgan fingerprint density at radius 3 is 2.68 bits per heavy atom. The summed E-state index contributed by atoms with van der Waals surface area (Å²) in [5, 5.41) is 3.10. The Hall–Kier alpha value is -3.90. The van der Waals surface area contributed by atoms with Crippen molar-refractivity contribution in [3.63, 3.8) is 0 Å². The number of hydrogen-bond acceptors (Lipinski definition) is 6. The number of ether oxygens (including phenoxy) is 1. The molecular weight excluding hydrogens is 444 g/mol. The number of carbonyl (C=O) groups excluding carboxylic acids is 2. The maximum absolute atomic E-state index is 12.8. The van der Waals surface area contributed by atoms with Gasteiger partial charge in [0.05, 0.1) is 15.2 Å². The van der Waals surface area contributed by atoms with Crippen LogP contribution in [0, 0.1) is 6.92 Å². The zero-order valence-electron chi connectivity index (χ0n) is 18.7. The van der Waals surface area contributed by atoms with E-state index in [1.807, 2.05) is 49.4 Å². The number of pyridine rings is 1. The minimum atomic E-state index is -0.0497. The summed E-state index contributed by atoms with van der Waals surface area (Å²) in [5.74, 6) is 0.472. The fourth-order valence-electron chi connectivity index (χ4n) is 3.93. The molecule has 0 aliphatic rings. The lowest BCUT2D eigenvalue weighted by molar-refractivity contribution is -0.120. The van der Waals surface area contributed by atoms with Crippen LogP contribution in [0.4, 0.5) is 0 Å². The molecule has 0 bridgehead atoms. The highest BCUT2D eigenvalue weighted by Gasteiger charge is 2.11. The summed E-state index contributed by atoms with van der Waals surface area (Å²) in [6.07, 6.45) is 4.11. The molecule has 0 atom stereocenters. The van der Waals surface area contributed by atoms with Crippen LogP contribution in [0.25, 0.3) is 21.0 Å². The van der Waals surface area contributed by atoms with E-state index in [0.717, 1.165) is 37.1 Å². The number of benzene rings is 3. The number of nitrogens with zero attached hydrogens (tertiary/aromatic N) is 2. The molecule has 0 amide bonds. The highest BCUT2D eigenvalue weighted by atomic mass is 32.1. The van der Waals surface area contributed by atoms with Crippen molar-refractivity contribution in [1.29, 1.82) is 0 Å². The molecule has 0 aliphatic carbocycles. The van der Waals surface area contributed by atoms with Gasteiger partial charge in [-0.05, 0) is 53.8 Å². The lowest BCUT2D eigenvalue weighted by atomic mass is 10.0. The van der Waals surface area contributed by atoms with Crippen LogP contribution in [-0.4, -0.2) is 28.1 Å². The number of Topliss-reactive ketones (excluding diaryl/α,β-unsaturated/α-hetero) is 2. The third kappa shape index (κ3) is 5.02. The van der Waals surface area contributed by atoms with Crippen LogP contribution in [-0.2, 0) is 17.6 Å². The first kappa shape index (κ1) is 21.9.